The maximum atomic E-state index is 6.54. The zero-order valence-electron chi connectivity index (χ0n) is 27.4. The second-order valence-corrected chi connectivity index (χ2v) is 17.0. The number of hydrogen-bond acceptors (Lipinski definition) is 4. The van der Waals surface area contributed by atoms with E-state index in [2.05, 4.69) is 82.1 Å². The number of benzene rings is 1. The molecule has 0 aliphatic heterocycles. The number of hydrogen-bond donors (Lipinski definition) is 0. The van der Waals surface area contributed by atoms with E-state index in [1.807, 2.05) is 0 Å². The molecule has 3 rings (SSSR count). The van der Waals surface area contributed by atoms with Crippen molar-refractivity contribution in [1.82, 2.24) is 0 Å². The van der Waals surface area contributed by atoms with Crippen LogP contribution in [0.4, 0.5) is 0 Å². The first-order chi connectivity index (χ1) is 21.6. The average molecular weight is 769 g/mol. The molecule has 0 N–H and O–H groups in total. The third-order valence-electron chi connectivity index (χ3n) is 8.27. The number of ether oxygens (including phenoxy) is 2. The first-order valence-electron chi connectivity index (χ1n) is 17.6. The van der Waals surface area contributed by atoms with Gasteiger partial charge in [0.1, 0.15) is 11.5 Å². The molecule has 3 aromatic rings. The van der Waals surface area contributed by atoms with Crippen LogP contribution in [0.15, 0.2) is 44.0 Å². The predicted octanol–water partition coefficient (Wildman–Crippen LogP) is 15.3. The highest BCUT2D eigenvalue weighted by Gasteiger charge is 2.18. The third-order valence-corrected chi connectivity index (χ3v) is 11.6. The van der Waals surface area contributed by atoms with Crippen molar-refractivity contribution in [1.29, 1.82) is 0 Å². The van der Waals surface area contributed by atoms with Gasteiger partial charge in [0.05, 0.1) is 20.8 Å². The summed E-state index contributed by atoms with van der Waals surface area (Å²) in [5, 5.41) is 0. The van der Waals surface area contributed by atoms with E-state index in [4.69, 9.17) is 9.47 Å². The van der Waals surface area contributed by atoms with Gasteiger partial charge in [-0.3, -0.25) is 0 Å². The van der Waals surface area contributed by atoms with Gasteiger partial charge in [0.15, 0.2) is 0 Å². The molecular formula is C38H56Br2O2S2. The summed E-state index contributed by atoms with van der Waals surface area (Å²) in [6.45, 7) is 6.08. The van der Waals surface area contributed by atoms with E-state index in [0.29, 0.717) is 0 Å². The molecule has 44 heavy (non-hydrogen) atoms. The Bertz CT molecular complexity index is 1070. The van der Waals surface area contributed by atoms with Gasteiger partial charge < -0.3 is 9.47 Å². The fraction of sp³-hybridized carbons (Fsp3) is 0.632. The van der Waals surface area contributed by atoms with Gasteiger partial charge in [-0.1, -0.05) is 129 Å². The third kappa shape index (κ3) is 14.7. The molecule has 246 valence electrons. The lowest BCUT2D eigenvalue weighted by atomic mass is 10.1. The molecule has 0 radical (unpaired) electrons. The average Bonchev–Trinajstić information content (AvgIpc) is 3.66. The molecule has 2 aromatic heterocycles. The topological polar surface area (TPSA) is 18.5 Å². The van der Waals surface area contributed by atoms with Crippen LogP contribution in [-0.2, 0) is 0 Å². The first-order valence-corrected chi connectivity index (χ1v) is 20.8. The van der Waals surface area contributed by atoms with Gasteiger partial charge in [0.25, 0.3) is 0 Å². The summed E-state index contributed by atoms with van der Waals surface area (Å²) in [6, 6.07) is 13.1. The molecule has 2 heterocycles. The van der Waals surface area contributed by atoms with Gasteiger partial charge in [-0.05, 0) is 81.1 Å². The number of rotatable bonds is 26. The Morgan fingerprint density at radius 2 is 0.773 bits per heavy atom. The summed E-state index contributed by atoms with van der Waals surface area (Å²) < 4.78 is 15.3. The Labute approximate surface area is 294 Å². The number of unbranched alkanes of at least 4 members (excludes halogenated alkanes) is 18. The minimum atomic E-state index is 0.752. The molecule has 0 aliphatic rings. The first kappa shape index (κ1) is 37.6. The van der Waals surface area contributed by atoms with Crippen LogP contribution in [0.2, 0.25) is 0 Å². The van der Waals surface area contributed by atoms with Crippen molar-refractivity contribution in [2.24, 2.45) is 0 Å². The summed E-state index contributed by atoms with van der Waals surface area (Å²) in [5.41, 5.74) is 2.26. The monoisotopic (exact) mass is 766 g/mol. The molecule has 0 amide bonds. The minimum absolute atomic E-state index is 0.752. The van der Waals surface area contributed by atoms with Gasteiger partial charge in [0, 0.05) is 20.9 Å². The van der Waals surface area contributed by atoms with E-state index in [-0.39, 0.29) is 0 Å². The quantitative estimate of drug-likeness (QED) is 0.0757. The number of halogens is 2. The summed E-state index contributed by atoms with van der Waals surface area (Å²) in [5.74, 6) is 1.92. The molecule has 0 fully saturated rings. The van der Waals surface area contributed by atoms with E-state index in [1.54, 1.807) is 22.7 Å². The van der Waals surface area contributed by atoms with Crippen molar-refractivity contribution in [2.45, 2.75) is 142 Å². The van der Waals surface area contributed by atoms with Crippen molar-refractivity contribution in [3.63, 3.8) is 0 Å². The zero-order valence-corrected chi connectivity index (χ0v) is 32.2. The highest BCUT2D eigenvalue weighted by molar-refractivity contribution is 9.11. The number of thiophene rings is 2. The lowest BCUT2D eigenvalue weighted by Crippen LogP contribution is -2.02. The normalized spacial score (nSPS) is 11.4. The fourth-order valence-electron chi connectivity index (χ4n) is 5.65. The molecule has 0 aliphatic carbocycles. The van der Waals surface area contributed by atoms with Gasteiger partial charge in [0.2, 0.25) is 0 Å². The van der Waals surface area contributed by atoms with Gasteiger partial charge in [-0.2, -0.15) is 0 Å². The standard InChI is InChI=1S/C38H56Br2O2S2/c1-3-5-7-9-11-13-15-17-19-21-27-41-33-29-32(36-24-26-38(40)44-36)34(30-31(33)35-23-25-37(39)43-35)42-28-22-20-18-16-14-12-10-8-6-4-2/h23-26,29-30H,3-22,27-28H2,1-2H3. The molecule has 0 saturated heterocycles. The van der Waals surface area contributed by atoms with E-state index in [9.17, 15) is 0 Å². The molecule has 0 bridgehead atoms. The smallest absolute Gasteiger partial charge is 0.128 e. The molecule has 1 aromatic carbocycles. The van der Waals surface area contributed by atoms with Crippen molar-refractivity contribution >= 4 is 54.5 Å². The van der Waals surface area contributed by atoms with E-state index < -0.39 is 0 Å². The van der Waals surface area contributed by atoms with Crippen molar-refractivity contribution in [2.75, 3.05) is 13.2 Å². The Morgan fingerprint density at radius 3 is 1.07 bits per heavy atom. The zero-order chi connectivity index (χ0) is 31.2. The van der Waals surface area contributed by atoms with Crippen molar-refractivity contribution in [3.8, 4) is 32.4 Å². The second-order valence-electron chi connectivity index (χ2n) is 12.1. The molecule has 0 atom stereocenters. The summed E-state index contributed by atoms with van der Waals surface area (Å²) >= 11 is 10.8. The van der Waals surface area contributed by atoms with Crippen molar-refractivity contribution in [3.05, 3.63) is 44.0 Å². The predicted molar refractivity (Wildman–Crippen MR) is 203 cm³/mol. The Balaban J connectivity index is 1.57. The van der Waals surface area contributed by atoms with Crippen LogP contribution in [0.25, 0.3) is 20.9 Å². The summed E-state index contributed by atoms with van der Waals surface area (Å²) in [7, 11) is 0. The molecule has 2 nitrogen and oxygen atoms in total. The minimum Gasteiger partial charge on any atom is -0.493 e. The van der Waals surface area contributed by atoms with Gasteiger partial charge in [-0.25, -0.2) is 0 Å². The van der Waals surface area contributed by atoms with Crippen LogP contribution in [-0.4, -0.2) is 13.2 Å². The highest BCUT2D eigenvalue weighted by Crippen LogP contribution is 2.46. The van der Waals surface area contributed by atoms with Gasteiger partial charge in [-0.15, -0.1) is 22.7 Å². The van der Waals surface area contributed by atoms with Crippen molar-refractivity contribution < 1.29 is 9.47 Å². The Hall–Kier alpha value is -0.820. The molecule has 0 saturated carbocycles. The Kier molecular flexibility index (Phi) is 20.1. The molecular weight excluding hydrogens is 712 g/mol. The highest BCUT2D eigenvalue weighted by atomic mass is 79.9. The fourth-order valence-corrected chi connectivity index (χ4v) is 8.46. The molecule has 0 unspecified atom stereocenters. The van der Waals surface area contributed by atoms with Crippen LogP contribution in [0.5, 0.6) is 11.5 Å². The summed E-state index contributed by atoms with van der Waals surface area (Å²) in [6.07, 6.45) is 26.6. The SMILES string of the molecule is CCCCCCCCCCCCOc1cc(-c2ccc(Br)s2)c(OCCCCCCCCCCCC)cc1-c1ccc(Br)s1. The largest absolute Gasteiger partial charge is 0.493 e. The molecule has 0 spiro atoms. The van der Waals surface area contributed by atoms with Crippen LogP contribution in [0, 0.1) is 0 Å². The van der Waals surface area contributed by atoms with Crippen LogP contribution >= 0.6 is 54.5 Å². The lowest BCUT2D eigenvalue weighted by Gasteiger charge is -2.17. The maximum absolute atomic E-state index is 6.54. The van der Waals surface area contributed by atoms with E-state index in [0.717, 1.165) is 56.3 Å². The van der Waals surface area contributed by atoms with Crippen LogP contribution < -0.4 is 9.47 Å². The van der Waals surface area contributed by atoms with E-state index in [1.165, 1.54) is 125 Å². The van der Waals surface area contributed by atoms with Gasteiger partial charge >= 0.3 is 0 Å². The lowest BCUT2D eigenvalue weighted by molar-refractivity contribution is 0.298. The van der Waals surface area contributed by atoms with Crippen LogP contribution in [0.1, 0.15) is 142 Å². The molecule has 6 heteroatoms. The summed E-state index contributed by atoms with van der Waals surface area (Å²) in [4.78, 5) is 2.41. The maximum Gasteiger partial charge on any atom is 0.128 e. The van der Waals surface area contributed by atoms with Crippen LogP contribution in [0.3, 0.4) is 0 Å². The Morgan fingerprint density at radius 1 is 0.455 bits per heavy atom. The van der Waals surface area contributed by atoms with E-state index >= 15 is 0 Å². The second kappa shape index (κ2) is 23.5.